The standard InChI is InChI=1S/C28H37N3O2/c1-22-7-9-23(10-8-22)11-12-24-13-17-30(18-14-24)21-27(32)31-19-15-25(16-20-31)28(33)29-26-5-3-2-4-6-26/h2-10,24-25H,11-21H2,1H3,(H,29,33). The van der Waals surface area contributed by atoms with Crippen molar-refractivity contribution >= 4 is 17.5 Å². The SMILES string of the molecule is Cc1ccc(CCC2CCN(CC(=O)N3CCC(C(=O)Nc4ccccc4)CC3)CC2)cc1. The van der Waals surface area contributed by atoms with Crippen molar-refractivity contribution in [1.82, 2.24) is 9.80 Å². The molecule has 0 atom stereocenters. The summed E-state index contributed by atoms with van der Waals surface area (Å²) in [5, 5.41) is 3.00. The molecular weight excluding hydrogens is 410 g/mol. The molecule has 2 aliphatic rings. The molecule has 2 amide bonds. The van der Waals surface area contributed by atoms with E-state index in [9.17, 15) is 9.59 Å². The predicted molar refractivity (Wildman–Crippen MR) is 133 cm³/mol. The van der Waals surface area contributed by atoms with E-state index in [0.717, 1.165) is 44.0 Å². The highest BCUT2D eigenvalue weighted by molar-refractivity contribution is 5.92. The number of hydrogen-bond acceptors (Lipinski definition) is 3. The molecule has 2 fully saturated rings. The first-order valence-corrected chi connectivity index (χ1v) is 12.5. The van der Waals surface area contributed by atoms with Gasteiger partial charge in [0, 0.05) is 24.7 Å². The number of likely N-dealkylation sites (tertiary alicyclic amines) is 2. The second-order valence-electron chi connectivity index (χ2n) is 9.75. The average Bonchev–Trinajstić information content (AvgIpc) is 2.85. The molecule has 2 aromatic rings. The summed E-state index contributed by atoms with van der Waals surface area (Å²) in [4.78, 5) is 29.6. The number of nitrogens with one attached hydrogen (secondary N) is 1. The molecule has 33 heavy (non-hydrogen) atoms. The smallest absolute Gasteiger partial charge is 0.236 e. The fourth-order valence-corrected chi connectivity index (χ4v) is 5.01. The van der Waals surface area contributed by atoms with Crippen molar-refractivity contribution in [3.05, 3.63) is 65.7 Å². The number of benzene rings is 2. The van der Waals surface area contributed by atoms with Crippen molar-refractivity contribution in [2.24, 2.45) is 11.8 Å². The Balaban J connectivity index is 1.13. The van der Waals surface area contributed by atoms with Crippen LogP contribution in [0.4, 0.5) is 5.69 Å². The van der Waals surface area contributed by atoms with Crippen LogP contribution in [0.15, 0.2) is 54.6 Å². The van der Waals surface area contributed by atoms with Gasteiger partial charge in [-0.2, -0.15) is 0 Å². The molecular formula is C28H37N3O2. The second kappa shape index (κ2) is 11.5. The van der Waals surface area contributed by atoms with Crippen molar-refractivity contribution in [3.63, 3.8) is 0 Å². The van der Waals surface area contributed by atoms with Gasteiger partial charge < -0.3 is 10.2 Å². The minimum Gasteiger partial charge on any atom is -0.342 e. The summed E-state index contributed by atoms with van der Waals surface area (Å²) in [7, 11) is 0. The Morgan fingerprint density at radius 2 is 1.55 bits per heavy atom. The maximum absolute atomic E-state index is 12.8. The van der Waals surface area contributed by atoms with Crippen LogP contribution >= 0.6 is 0 Å². The molecule has 1 N–H and O–H groups in total. The molecule has 4 rings (SSSR count). The third-order valence-corrected chi connectivity index (χ3v) is 7.29. The Bertz CT molecular complexity index is 896. The first-order chi connectivity index (χ1) is 16.1. The molecule has 2 aliphatic heterocycles. The van der Waals surface area contributed by atoms with Gasteiger partial charge in [0.2, 0.25) is 11.8 Å². The summed E-state index contributed by atoms with van der Waals surface area (Å²) in [5.41, 5.74) is 3.58. The van der Waals surface area contributed by atoms with E-state index >= 15 is 0 Å². The minimum atomic E-state index is -0.0152. The van der Waals surface area contributed by atoms with E-state index in [-0.39, 0.29) is 17.7 Å². The molecule has 2 aromatic carbocycles. The van der Waals surface area contributed by atoms with Crippen LogP contribution in [0.5, 0.6) is 0 Å². The lowest BCUT2D eigenvalue weighted by atomic mass is 9.90. The van der Waals surface area contributed by atoms with Gasteiger partial charge >= 0.3 is 0 Å². The number of carbonyl (C=O) groups excluding carboxylic acids is 2. The molecule has 2 saturated heterocycles. The van der Waals surface area contributed by atoms with E-state index in [1.807, 2.05) is 35.2 Å². The second-order valence-corrected chi connectivity index (χ2v) is 9.75. The largest absolute Gasteiger partial charge is 0.342 e. The molecule has 5 nitrogen and oxygen atoms in total. The van der Waals surface area contributed by atoms with Crippen LogP contribution in [0, 0.1) is 18.8 Å². The van der Waals surface area contributed by atoms with Gasteiger partial charge in [-0.1, -0.05) is 48.0 Å². The van der Waals surface area contributed by atoms with Crippen LogP contribution < -0.4 is 5.32 Å². The first-order valence-electron chi connectivity index (χ1n) is 12.5. The van der Waals surface area contributed by atoms with Crippen molar-refractivity contribution in [1.29, 1.82) is 0 Å². The fourth-order valence-electron chi connectivity index (χ4n) is 5.01. The van der Waals surface area contributed by atoms with E-state index in [4.69, 9.17) is 0 Å². The zero-order chi connectivity index (χ0) is 23.0. The number of rotatable bonds is 7. The van der Waals surface area contributed by atoms with Crippen LogP contribution in [-0.4, -0.2) is 54.3 Å². The van der Waals surface area contributed by atoms with Crippen molar-refractivity contribution in [2.45, 2.75) is 45.4 Å². The van der Waals surface area contributed by atoms with E-state index in [0.29, 0.717) is 19.6 Å². The molecule has 176 valence electrons. The van der Waals surface area contributed by atoms with Gasteiger partial charge in [-0.15, -0.1) is 0 Å². The topological polar surface area (TPSA) is 52.7 Å². The van der Waals surface area contributed by atoms with Gasteiger partial charge in [-0.25, -0.2) is 0 Å². The minimum absolute atomic E-state index is 0.0152. The summed E-state index contributed by atoms with van der Waals surface area (Å²) in [6, 6.07) is 18.5. The van der Waals surface area contributed by atoms with E-state index in [1.165, 1.54) is 30.4 Å². The molecule has 0 unspecified atom stereocenters. The van der Waals surface area contributed by atoms with Crippen LogP contribution in [0.2, 0.25) is 0 Å². The normalized spacial score (nSPS) is 18.3. The fraction of sp³-hybridized carbons (Fsp3) is 0.500. The summed E-state index contributed by atoms with van der Waals surface area (Å²) in [5.74, 6) is 1.03. The monoisotopic (exact) mass is 447 g/mol. The highest BCUT2D eigenvalue weighted by Crippen LogP contribution is 2.24. The van der Waals surface area contributed by atoms with Crippen molar-refractivity contribution in [3.8, 4) is 0 Å². The van der Waals surface area contributed by atoms with Gasteiger partial charge in [-0.05, 0) is 82.2 Å². The maximum atomic E-state index is 12.8. The summed E-state index contributed by atoms with van der Waals surface area (Å²) >= 11 is 0. The highest BCUT2D eigenvalue weighted by Gasteiger charge is 2.29. The molecule has 0 bridgehead atoms. The molecule has 0 aliphatic carbocycles. The summed E-state index contributed by atoms with van der Waals surface area (Å²) in [6.07, 6.45) is 6.23. The Morgan fingerprint density at radius 1 is 0.879 bits per heavy atom. The number of amides is 2. The van der Waals surface area contributed by atoms with Crippen LogP contribution in [0.25, 0.3) is 0 Å². The van der Waals surface area contributed by atoms with Crippen molar-refractivity contribution < 1.29 is 9.59 Å². The Kier molecular flexibility index (Phi) is 8.16. The Morgan fingerprint density at radius 3 is 2.21 bits per heavy atom. The number of aryl methyl sites for hydroxylation is 2. The first kappa shape index (κ1) is 23.5. The average molecular weight is 448 g/mol. The third kappa shape index (κ3) is 6.91. The van der Waals surface area contributed by atoms with Gasteiger partial charge in [0.05, 0.1) is 6.54 Å². The molecule has 0 aromatic heterocycles. The lowest BCUT2D eigenvalue weighted by molar-refractivity contribution is -0.135. The number of piperidine rings is 2. The predicted octanol–water partition coefficient (Wildman–Crippen LogP) is 4.52. The summed E-state index contributed by atoms with van der Waals surface area (Å²) < 4.78 is 0. The molecule has 2 heterocycles. The molecule has 0 spiro atoms. The van der Waals surface area contributed by atoms with Crippen LogP contribution in [0.1, 0.15) is 43.2 Å². The van der Waals surface area contributed by atoms with E-state index in [2.05, 4.69) is 41.4 Å². The van der Waals surface area contributed by atoms with Crippen LogP contribution in [-0.2, 0) is 16.0 Å². The van der Waals surface area contributed by atoms with E-state index < -0.39 is 0 Å². The zero-order valence-corrected chi connectivity index (χ0v) is 19.8. The lowest BCUT2D eigenvalue weighted by Gasteiger charge is -2.35. The lowest BCUT2D eigenvalue weighted by Crippen LogP contribution is -2.47. The third-order valence-electron chi connectivity index (χ3n) is 7.29. The number of nitrogens with zero attached hydrogens (tertiary/aromatic N) is 2. The van der Waals surface area contributed by atoms with E-state index in [1.54, 1.807) is 0 Å². The molecule has 5 heteroatoms. The van der Waals surface area contributed by atoms with Gasteiger partial charge in [0.15, 0.2) is 0 Å². The zero-order valence-electron chi connectivity index (χ0n) is 19.8. The quantitative estimate of drug-likeness (QED) is 0.679. The number of para-hydroxylation sites is 1. The molecule has 0 saturated carbocycles. The van der Waals surface area contributed by atoms with Gasteiger partial charge in [-0.3, -0.25) is 14.5 Å². The number of anilines is 1. The summed E-state index contributed by atoms with van der Waals surface area (Å²) in [6.45, 7) is 6.04. The van der Waals surface area contributed by atoms with Crippen molar-refractivity contribution in [2.75, 3.05) is 38.0 Å². The maximum Gasteiger partial charge on any atom is 0.236 e. The highest BCUT2D eigenvalue weighted by atomic mass is 16.2. The molecule has 0 radical (unpaired) electrons. The van der Waals surface area contributed by atoms with Gasteiger partial charge in [0.25, 0.3) is 0 Å². The Labute approximate surface area is 198 Å². The Hall–Kier alpha value is -2.66. The number of carbonyl (C=O) groups is 2. The number of hydrogen-bond donors (Lipinski definition) is 1. The van der Waals surface area contributed by atoms with Crippen LogP contribution in [0.3, 0.4) is 0 Å². The van der Waals surface area contributed by atoms with Gasteiger partial charge in [0.1, 0.15) is 0 Å².